The van der Waals surface area contributed by atoms with Crippen LogP contribution in [-0.4, -0.2) is 31.7 Å². The predicted molar refractivity (Wildman–Crippen MR) is 90.5 cm³/mol. The summed E-state index contributed by atoms with van der Waals surface area (Å²) in [6.45, 7) is 2.14. The summed E-state index contributed by atoms with van der Waals surface area (Å²) in [4.78, 5) is 12.2. The summed E-state index contributed by atoms with van der Waals surface area (Å²) in [6.07, 6.45) is 1.38. The van der Waals surface area contributed by atoms with Crippen LogP contribution in [0, 0.1) is 0 Å². The van der Waals surface area contributed by atoms with E-state index in [1.807, 2.05) is 6.07 Å². The van der Waals surface area contributed by atoms with Gasteiger partial charge in [-0.15, -0.1) is 0 Å². The van der Waals surface area contributed by atoms with Crippen molar-refractivity contribution in [1.82, 2.24) is 5.32 Å². The van der Waals surface area contributed by atoms with Crippen LogP contribution in [0.2, 0.25) is 0 Å². The molecule has 2 N–H and O–H groups in total. The smallest absolute Gasteiger partial charge is 0.226 e. The Bertz CT molecular complexity index is 736. The molecule has 0 saturated carbocycles. The summed E-state index contributed by atoms with van der Waals surface area (Å²) >= 11 is 0. The highest BCUT2D eigenvalue weighted by Crippen LogP contribution is 2.37. The molecule has 0 spiro atoms. The summed E-state index contributed by atoms with van der Waals surface area (Å²) < 4.78 is 5.39. The van der Waals surface area contributed by atoms with Crippen molar-refractivity contribution in [3.8, 4) is 11.1 Å². The second-order valence-corrected chi connectivity index (χ2v) is 6.18. The lowest BCUT2D eigenvalue weighted by molar-refractivity contribution is -0.117. The van der Waals surface area contributed by atoms with E-state index in [0.717, 1.165) is 25.3 Å². The average Bonchev–Trinajstić information content (AvgIpc) is 2.93. The van der Waals surface area contributed by atoms with Crippen LogP contribution >= 0.6 is 0 Å². The van der Waals surface area contributed by atoms with E-state index >= 15 is 0 Å². The van der Waals surface area contributed by atoms with E-state index < -0.39 is 0 Å². The maximum atomic E-state index is 12.2. The van der Waals surface area contributed by atoms with Gasteiger partial charge in [-0.1, -0.05) is 30.3 Å². The van der Waals surface area contributed by atoms with Crippen LogP contribution < -0.4 is 10.6 Å². The number of morpholine rings is 1. The molecule has 0 radical (unpaired) electrons. The number of ether oxygens (including phenoxy) is 1. The third-order valence-electron chi connectivity index (χ3n) is 4.51. The number of fused-ring (bicyclic) bond motifs is 3. The van der Waals surface area contributed by atoms with E-state index in [1.54, 1.807) is 0 Å². The molecule has 1 aliphatic heterocycles. The summed E-state index contributed by atoms with van der Waals surface area (Å²) in [7, 11) is 0. The van der Waals surface area contributed by atoms with E-state index in [0.29, 0.717) is 13.0 Å². The standard InChI is InChI=1S/C19H20N2O2/c22-19(11-16-12-23-8-7-20-16)21-15-5-6-18-14(10-15)9-13-3-1-2-4-17(13)18/h1-6,10,16,20H,7-9,11-12H2,(H,21,22)/t16-/m0/s1. The van der Waals surface area contributed by atoms with Gasteiger partial charge in [-0.3, -0.25) is 4.79 Å². The lowest BCUT2D eigenvalue weighted by Crippen LogP contribution is -2.43. The normalized spacial score (nSPS) is 19.0. The van der Waals surface area contributed by atoms with Crippen molar-refractivity contribution in [1.29, 1.82) is 0 Å². The number of carbonyl (C=O) groups excluding carboxylic acids is 1. The van der Waals surface area contributed by atoms with E-state index in [1.165, 1.54) is 22.3 Å². The molecular formula is C19H20N2O2. The number of carbonyl (C=O) groups is 1. The van der Waals surface area contributed by atoms with Crippen LogP contribution in [0.25, 0.3) is 11.1 Å². The molecule has 1 heterocycles. The van der Waals surface area contributed by atoms with Gasteiger partial charge < -0.3 is 15.4 Å². The Balaban J connectivity index is 1.45. The Morgan fingerprint density at radius 2 is 2.04 bits per heavy atom. The van der Waals surface area contributed by atoms with Crippen molar-refractivity contribution in [3.05, 3.63) is 53.6 Å². The van der Waals surface area contributed by atoms with Gasteiger partial charge >= 0.3 is 0 Å². The fraction of sp³-hybridized carbons (Fsp3) is 0.316. The van der Waals surface area contributed by atoms with Crippen molar-refractivity contribution in [2.75, 3.05) is 25.1 Å². The molecule has 2 aromatic rings. The molecule has 0 unspecified atom stereocenters. The number of amides is 1. The predicted octanol–water partition coefficient (Wildman–Crippen LogP) is 2.57. The lowest BCUT2D eigenvalue weighted by Gasteiger charge is -2.23. The zero-order valence-electron chi connectivity index (χ0n) is 13.0. The maximum absolute atomic E-state index is 12.2. The number of nitrogens with one attached hydrogen (secondary N) is 2. The highest BCUT2D eigenvalue weighted by Gasteiger charge is 2.19. The molecule has 2 aliphatic rings. The molecule has 118 valence electrons. The van der Waals surface area contributed by atoms with E-state index in [-0.39, 0.29) is 11.9 Å². The lowest BCUT2D eigenvalue weighted by atomic mass is 10.1. The van der Waals surface area contributed by atoms with Crippen LogP contribution in [0.5, 0.6) is 0 Å². The van der Waals surface area contributed by atoms with Gasteiger partial charge in [0, 0.05) is 24.7 Å². The number of rotatable bonds is 3. The number of benzene rings is 2. The van der Waals surface area contributed by atoms with Gasteiger partial charge in [-0.25, -0.2) is 0 Å². The third-order valence-corrected chi connectivity index (χ3v) is 4.51. The van der Waals surface area contributed by atoms with Crippen LogP contribution in [-0.2, 0) is 16.0 Å². The first kappa shape index (κ1) is 14.4. The summed E-state index contributed by atoms with van der Waals surface area (Å²) in [5, 5.41) is 6.31. The zero-order valence-corrected chi connectivity index (χ0v) is 13.0. The Hall–Kier alpha value is -2.17. The minimum atomic E-state index is 0.0310. The van der Waals surface area contributed by atoms with Crippen molar-refractivity contribution in [2.24, 2.45) is 0 Å². The van der Waals surface area contributed by atoms with Crippen LogP contribution in [0.3, 0.4) is 0 Å². The topological polar surface area (TPSA) is 50.4 Å². The first-order chi connectivity index (χ1) is 11.3. The van der Waals surface area contributed by atoms with Gasteiger partial charge in [0.2, 0.25) is 5.91 Å². The number of hydrogen-bond acceptors (Lipinski definition) is 3. The van der Waals surface area contributed by atoms with Crippen LogP contribution in [0.1, 0.15) is 17.5 Å². The number of anilines is 1. The molecule has 0 aromatic heterocycles. The Morgan fingerprint density at radius 1 is 1.17 bits per heavy atom. The molecule has 1 atom stereocenters. The molecule has 2 aromatic carbocycles. The molecule has 4 nitrogen and oxygen atoms in total. The van der Waals surface area contributed by atoms with Gasteiger partial charge in [0.1, 0.15) is 0 Å². The second kappa shape index (κ2) is 6.14. The summed E-state index contributed by atoms with van der Waals surface area (Å²) in [6, 6.07) is 14.8. The molecule has 1 saturated heterocycles. The molecule has 0 bridgehead atoms. The monoisotopic (exact) mass is 308 g/mol. The molecule has 1 fully saturated rings. The fourth-order valence-corrected chi connectivity index (χ4v) is 3.41. The third kappa shape index (κ3) is 3.00. The Kier molecular flexibility index (Phi) is 3.85. The SMILES string of the molecule is O=C(C[C@H]1COCCN1)Nc1ccc2c(c1)Cc1ccccc1-2. The highest BCUT2D eigenvalue weighted by molar-refractivity contribution is 5.92. The van der Waals surface area contributed by atoms with E-state index in [9.17, 15) is 4.79 Å². The molecule has 4 rings (SSSR count). The van der Waals surface area contributed by atoms with Crippen molar-refractivity contribution < 1.29 is 9.53 Å². The summed E-state index contributed by atoms with van der Waals surface area (Å²) in [5.41, 5.74) is 6.10. The molecule has 1 aliphatic carbocycles. The van der Waals surface area contributed by atoms with Crippen molar-refractivity contribution in [2.45, 2.75) is 18.9 Å². The second-order valence-electron chi connectivity index (χ2n) is 6.18. The highest BCUT2D eigenvalue weighted by atomic mass is 16.5. The van der Waals surface area contributed by atoms with Crippen molar-refractivity contribution in [3.63, 3.8) is 0 Å². The largest absolute Gasteiger partial charge is 0.378 e. The van der Waals surface area contributed by atoms with Gasteiger partial charge in [0.25, 0.3) is 0 Å². The van der Waals surface area contributed by atoms with Gasteiger partial charge in [-0.05, 0) is 40.8 Å². The average molecular weight is 308 g/mol. The molecule has 23 heavy (non-hydrogen) atoms. The summed E-state index contributed by atoms with van der Waals surface area (Å²) in [5.74, 6) is 0.0310. The minimum Gasteiger partial charge on any atom is -0.378 e. The Morgan fingerprint density at radius 3 is 2.91 bits per heavy atom. The first-order valence-corrected chi connectivity index (χ1v) is 8.12. The van der Waals surface area contributed by atoms with Gasteiger partial charge in [0.15, 0.2) is 0 Å². The van der Waals surface area contributed by atoms with E-state index in [4.69, 9.17) is 4.74 Å². The minimum absolute atomic E-state index is 0.0310. The quantitative estimate of drug-likeness (QED) is 0.782. The zero-order chi connectivity index (χ0) is 15.6. The maximum Gasteiger partial charge on any atom is 0.226 e. The van der Waals surface area contributed by atoms with E-state index in [2.05, 4.69) is 47.0 Å². The fourth-order valence-electron chi connectivity index (χ4n) is 3.41. The van der Waals surface area contributed by atoms with Crippen molar-refractivity contribution >= 4 is 11.6 Å². The molecular weight excluding hydrogens is 288 g/mol. The molecule has 1 amide bonds. The Labute approximate surface area is 135 Å². The van der Waals surface area contributed by atoms with Crippen LogP contribution in [0.15, 0.2) is 42.5 Å². The van der Waals surface area contributed by atoms with Gasteiger partial charge in [0.05, 0.1) is 13.2 Å². The van der Waals surface area contributed by atoms with Gasteiger partial charge in [-0.2, -0.15) is 0 Å². The first-order valence-electron chi connectivity index (χ1n) is 8.12. The van der Waals surface area contributed by atoms with Crippen LogP contribution in [0.4, 0.5) is 5.69 Å². The number of hydrogen-bond donors (Lipinski definition) is 2. The molecule has 4 heteroatoms.